The molecule has 27 heavy (non-hydrogen) atoms. The molecule has 0 unspecified atom stereocenters. The SMILES string of the molecule is C[C@@H](Cn1ccc(-c2ccc(C#N)c(Cl)c2)n1)NC(=O)c1ccccc1F. The van der Waals surface area contributed by atoms with Gasteiger partial charge < -0.3 is 5.32 Å². The van der Waals surface area contributed by atoms with Crippen molar-refractivity contribution in [1.82, 2.24) is 15.1 Å². The van der Waals surface area contributed by atoms with E-state index in [0.717, 1.165) is 5.56 Å². The van der Waals surface area contributed by atoms with Crippen molar-refractivity contribution in [1.29, 1.82) is 5.26 Å². The molecule has 0 spiro atoms. The average Bonchev–Trinajstić information content (AvgIpc) is 3.10. The van der Waals surface area contributed by atoms with Crippen LogP contribution in [0.15, 0.2) is 54.7 Å². The lowest BCUT2D eigenvalue weighted by molar-refractivity contribution is 0.0932. The number of aromatic nitrogens is 2. The Morgan fingerprint density at radius 3 is 2.81 bits per heavy atom. The predicted octanol–water partition coefficient (Wildman–Crippen LogP) is 4.03. The van der Waals surface area contributed by atoms with Crippen LogP contribution in [0.1, 0.15) is 22.8 Å². The summed E-state index contributed by atoms with van der Waals surface area (Å²) in [5, 5.41) is 16.5. The van der Waals surface area contributed by atoms with Gasteiger partial charge >= 0.3 is 0 Å². The Morgan fingerprint density at radius 1 is 1.33 bits per heavy atom. The standard InChI is InChI=1S/C20H16ClFN4O/c1-13(24-20(27)16-4-2-3-5-18(16)22)12-26-9-8-19(25-26)14-6-7-15(11-23)17(21)10-14/h2-10,13H,12H2,1H3,(H,24,27)/t13-/m0/s1. The number of halogens is 2. The molecule has 3 rings (SSSR count). The number of nitriles is 1. The summed E-state index contributed by atoms with van der Waals surface area (Å²) in [4.78, 5) is 12.2. The molecule has 136 valence electrons. The van der Waals surface area contributed by atoms with Crippen molar-refractivity contribution in [3.05, 3.63) is 76.7 Å². The number of carbonyl (C=O) groups excluding carboxylic acids is 1. The summed E-state index contributed by atoms with van der Waals surface area (Å²) in [5.74, 6) is -1.02. The summed E-state index contributed by atoms with van der Waals surface area (Å²) in [6, 6.07) is 14.5. The molecular weight excluding hydrogens is 367 g/mol. The summed E-state index contributed by atoms with van der Waals surface area (Å²) in [6.07, 6.45) is 1.78. The van der Waals surface area contributed by atoms with Crippen LogP contribution in [-0.4, -0.2) is 21.7 Å². The fourth-order valence-electron chi connectivity index (χ4n) is 2.66. The van der Waals surface area contributed by atoms with Crippen LogP contribution in [0.4, 0.5) is 4.39 Å². The van der Waals surface area contributed by atoms with E-state index in [1.807, 2.05) is 19.1 Å². The maximum Gasteiger partial charge on any atom is 0.254 e. The second-order valence-corrected chi connectivity index (χ2v) is 6.49. The van der Waals surface area contributed by atoms with Gasteiger partial charge in [-0.3, -0.25) is 9.48 Å². The molecule has 0 aliphatic carbocycles. The Balaban J connectivity index is 1.67. The van der Waals surface area contributed by atoms with Crippen LogP contribution in [-0.2, 0) is 6.54 Å². The summed E-state index contributed by atoms with van der Waals surface area (Å²) in [7, 11) is 0. The Bertz CT molecular complexity index is 1020. The molecule has 3 aromatic rings. The van der Waals surface area contributed by atoms with E-state index in [-0.39, 0.29) is 11.6 Å². The molecule has 2 aromatic carbocycles. The molecule has 0 saturated carbocycles. The lowest BCUT2D eigenvalue weighted by Crippen LogP contribution is -2.36. The number of nitrogens with zero attached hydrogens (tertiary/aromatic N) is 3. The highest BCUT2D eigenvalue weighted by atomic mass is 35.5. The van der Waals surface area contributed by atoms with Gasteiger partial charge in [0.25, 0.3) is 5.91 Å². The third-order valence-electron chi connectivity index (χ3n) is 3.98. The molecule has 5 nitrogen and oxygen atoms in total. The maximum absolute atomic E-state index is 13.7. The Labute approximate surface area is 161 Å². The topological polar surface area (TPSA) is 70.7 Å². The predicted molar refractivity (Wildman–Crippen MR) is 101 cm³/mol. The van der Waals surface area contributed by atoms with Gasteiger partial charge in [0.1, 0.15) is 11.9 Å². The van der Waals surface area contributed by atoms with Crippen molar-refractivity contribution in [3.63, 3.8) is 0 Å². The fourth-order valence-corrected chi connectivity index (χ4v) is 2.88. The van der Waals surface area contributed by atoms with Crippen LogP contribution >= 0.6 is 11.6 Å². The first kappa shape index (κ1) is 18.6. The number of hydrogen-bond donors (Lipinski definition) is 1. The minimum absolute atomic E-state index is 0.0118. The lowest BCUT2D eigenvalue weighted by Gasteiger charge is -2.14. The summed E-state index contributed by atoms with van der Waals surface area (Å²) in [6.45, 7) is 2.24. The number of benzene rings is 2. The Kier molecular flexibility index (Phi) is 5.53. The first-order valence-corrected chi connectivity index (χ1v) is 8.64. The van der Waals surface area contributed by atoms with Crippen molar-refractivity contribution >= 4 is 17.5 Å². The molecule has 1 N–H and O–H groups in total. The number of amides is 1. The number of hydrogen-bond acceptors (Lipinski definition) is 3. The zero-order valence-electron chi connectivity index (χ0n) is 14.5. The normalized spacial score (nSPS) is 11.6. The van der Waals surface area contributed by atoms with E-state index in [1.165, 1.54) is 18.2 Å². The highest BCUT2D eigenvalue weighted by molar-refractivity contribution is 6.32. The summed E-state index contributed by atoms with van der Waals surface area (Å²) >= 11 is 6.06. The Hall–Kier alpha value is -3.17. The molecule has 0 saturated heterocycles. The smallest absolute Gasteiger partial charge is 0.254 e. The second-order valence-electron chi connectivity index (χ2n) is 6.08. The van der Waals surface area contributed by atoms with Gasteiger partial charge in [-0.2, -0.15) is 10.4 Å². The van der Waals surface area contributed by atoms with Crippen LogP contribution in [0.5, 0.6) is 0 Å². The third kappa shape index (κ3) is 4.33. The minimum atomic E-state index is -0.554. The first-order chi connectivity index (χ1) is 13.0. The minimum Gasteiger partial charge on any atom is -0.348 e. The second kappa shape index (κ2) is 8.02. The first-order valence-electron chi connectivity index (χ1n) is 8.27. The van der Waals surface area contributed by atoms with Crippen molar-refractivity contribution in [2.75, 3.05) is 0 Å². The van der Waals surface area contributed by atoms with E-state index in [4.69, 9.17) is 16.9 Å². The molecule has 1 heterocycles. The fraction of sp³-hybridized carbons (Fsp3) is 0.150. The van der Waals surface area contributed by atoms with E-state index in [1.54, 1.807) is 35.1 Å². The molecule has 1 amide bonds. The molecule has 0 aliphatic rings. The zero-order valence-corrected chi connectivity index (χ0v) is 15.2. The highest BCUT2D eigenvalue weighted by Gasteiger charge is 2.14. The number of nitrogens with one attached hydrogen (secondary N) is 1. The van der Waals surface area contributed by atoms with Gasteiger partial charge in [-0.05, 0) is 37.3 Å². The van der Waals surface area contributed by atoms with E-state index in [2.05, 4.69) is 10.4 Å². The van der Waals surface area contributed by atoms with Crippen LogP contribution < -0.4 is 5.32 Å². The van der Waals surface area contributed by atoms with E-state index in [9.17, 15) is 9.18 Å². The van der Waals surface area contributed by atoms with Gasteiger partial charge in [-0.1, -0.05) is 29.8 Å². The monoisotopic (exact) mass is 382 g/mol. The average molecular weight is 383 g/mol. The summed E-state index contributed by atoms with van der Waals surface area (Å²) in [5.41, 5.74) is 1.91. The molecule has 1 atom stereocenters. The molecule has 0 fully saturated rings. The quantitative estimate of drug-likeness (QED) is 0.724. The van der Waals surface area contributed by atoms with Crippen molar-refractivity contribution in [3.8, 4) is 17.3 Å². The number of carbonyl (C=O) groups is 1. The molecule has 0 aliphatic heterocycles. The van der Waals surface area contributed by atoms with Crippen LogP contribution in [0.25, 0.3) is 11.3 Å². The molecule has 0 bridgehead atoms. The van der Waals surface area contributed by atoms with Crippen molar-refractivity contribution in [2.45, 2.75) is 19.5 Å². The maximum atomic E-state index is 13.7. The van der Waals surface area contributed by atoms with E-state index < -0.39 is 11.7 Å². The van der Waals surface area contributed by atoms with Gasteiger partial charge in [-0.25, -0.2) is 4.39 Å². The Morgan fingerprint density at radius 2 is 2.11 bits per heavy atom. The highest BCUT2D eigenvalue weighted by Crippen LogP contribution is 2.24. The largest absolute Gasteiger partial charge is 0.348 e. The molecular formula is C20H16ClFN4O. The summed E-state index contributed by atoms with van der Waals surface area (Å²) < 4.78 is 15.4. The van der Waals surface area contributed by atoms with Crippen LogP contribution in [0.3, 0.4) is 0 Å². The van der Waals surface area contributed by atoms with Crippen molar-refractivity contribution < 1.29 is 9.18 Å². The van der Waals surface area contributed by atoms with Crippen molar-refractivity contribution in [2.24, 2.45) is 0 Å². The van der Waals surface area contributed by atoms with Crippen LogP contribution in [0, 0.1) is 17.1 Å². The van der Waals surface area contributed by atoms with E-state index >= 15 is 0 Å². The van der Waals surface area contributed by atoms with Gasteiger partial charge in [-0.15, -0.1) is 0 Å². The van der Waals surface area contributed by atoms with Gasteiger partial charge in [0.2, 0.25) is 0 Å². The third-order valence-corrected chi connectivity index (χ3v) is 4.30. The zero-order chi connectivity index (χ0) is 19.4. The van der Waals surface area contributed by atoms with Crippen LogP contribution in [0.2, 0.25) is 5.02 Å². The lowest BCUT2D eigenvalue weighted by atomic mass is 10.1. The molecule has 0 radical (unpaired) electrons. The molecule has 7 heteroatoms. The molecule has 1 aromatic heterocycles. The van der Waals surface area contributed by atoms with Gasteiger partial charge in [0.05, 0.1) is 28.4 Å². The van der Waals surface area contributed by atoms with E-state index in [0.29, 0.717) is 22.8 Å². The van der Waals surface area contributed by atoms with Gasteiger partial charge in [0, 0.05) is 17.8 Å². The van der Waals surface area contributed by atoms with Gasteiger partial charge in [0.15, 0.2) is 0 Å². The number of rotatable bonds is 5.